The molecule has 3 aromatic rings. The van der Waals surface area contributed by atoms with E-state index in [0.29, 0.717) is 28.5 Å². The fraction of sp³-hybridized carbons (Fsp3) is 0.111. The van der Waals surface area contributed by atoms with Crippen LogP contribution in [-0.2, 0) is 4.74 Å². The topological polar surface area (TPSA) is 103 Å². The highest BCUT2D eigenvalue weighted by atomic mass is 19.1. The fourth-order valence-corrected chi connectivity index (χ4v) is 2.41. The first-order valence-electron chi connectivity index (χ1n) is 7.68. The van der Waals surface area contributed by atoms with Crippen molar-refractivity contribution in [1.29, 1.82) is 0 Å². The summed E-state index contributed by atoms with van der Waals surface area (Å²) in [4.78, 5) is 24.1. The molecule has 0 saturated carbocycles. The zero-order valence-electron chi connectivity index (χ0n) is 14.2. The molecule has 8 heteroatoms. The van der Waals surface area contributed by atoms with Crippen molar-refractivity contribution in [3.63, 3.8) is 0 Å². The van der Waals surface area contributed by atoms with Gasteiger partial charge in [-0.2, -0.15) is 0 Å². The van der Waals surface area contributed by atoms with Gasteiger partial charge in [0.05, 0.1) is 18.5 Å². The maximum absolute atomic E-state index is 13.6. The summed E-state index contributed by atoms with van der Waals surface area (Å²) in [5.74, 6) is 0.277. The molecule has 2 heterocycles. The Labute approximate surface area is 149 Å². The van der Waals surface area contributed by atoms with Gasteiger partial charge in [0.2, 0.25) is 0 Å². The number of nitrogens with two attached hydrogens (primary N) is 1. The van der Waals surface area contributed by atoms with E-state index in [2.05, 4.69) is 25.0 Å². The predicted octanol–water partition coefficient (Wildman–Crippen LogP) is 3.41. The number of aromatic nitrogens is 3. The first kappa shape index (κ1) is 17.3. The lowest BCUT2D eigenvalue weighted by Crippen LogP contribution is -2.12. The van der Waals surface area contributed by atoms with Gasteiger partial charge in [0, 0.05) is 23.5 Å². The number of amides is 1. The van der Waals surface area contributed by atoms with Crippen LogP contribution in [0.2, 0.25) is 0 Å². The van der Waals surface area contributed by atoms with Gasteiger partial charge < -0.3 is 10.5 Å². The van der Waals surface area contributed by atoms with E-state index >= 15 is 0 Å². The van der Waals surface area contributed by atoms with Crippen molar-refractivity contribution in [2.24, 2.45) is 0 Å². The molecule has 0 aliphatic carbocycles. The monoisotopic (exact) mass is 353 g/mol. The van der Waals surface area contributed by atoms with Crippen molar-refractivity contribution in [2.75, 3.05) is 18.2 Å². The van der Waals surface area contributed by atoms with Crippen molar-refractivity contribution in [3.8, 4) is 22.6 Å². The van der Waals surface area contributed by atoms with Crippen molar-refractivity contribution < 1.29 is 13.9 Å². The minimum Gasteiger partial charge on any atom is -0.453 e. The second kappa shape index (κ2) is 7.14. The van der Waals surface area contributed by atoms with Crippen LogP contribution >= 0.6 is 0 Å². The lowest BCUT2D eigenvalue weighted by molar-refractivity contribution is 0.187. The van der Waals surface area contributed by atoms with Gasteiger partial charge in [0.15, 0.2) is 5.82 Å². The molecule has 0 saturated heterocycles. The number of carbonyl (C=O) groups is 1. The molecule has 2 aromatic heterocycles. The van der Waals surface area contributed by atoms with Crippen LogP contribution < -0.4 is 11.1 Å². The van der Waals surface area contributed by atoms with E-state index in [1.807, 2.05) is 0 Å². The first-order chi connectivity index (χ1) is 12.5. The van der Waals surface area contributed by atoms with Gasteiger partial charge in [-0.15, -0.1) is 0 Å². The van der Waals surface area contributed by atoms with Crippen LogP contribution in [0.15, 0.2) is 42.7 Å². The zero-order chi connectivity index (χ0) is 18.7. The van der Waals surface area contributed by atoms with Gasteiger partial charge in [0.25, 0.3) is 0 Å². The molecule has 0 bridgehead atoms. The Kier molecular flexibility index (Phi) is 4.74. The number of nitrogens with one attached hydrogen (secondary N) is 1. The molecule has 132 valence electrons. The standard InChI is InChI=1S/C18H16FN5O2/c1-10-7-13(19)14(20)9-12(10)15-4-6-22-17(23-15)11-3-5-21-16(8-11)24-18(25)26-2/h3-9H,20H2,1-2H3,(H,21,24,25). The highest BCUT2D eigenvalue weighted by Crippen LogP contribution is 2.27. The van der Waals surface area contributed by atoms with Crippen LogP contribution in [0.25, 0.3) is 22.6 Å². The van der Waals surface area contributed by atoms with Gasteiger partial charge in [-0.05, 0) is 42.8 Å². The highest BCUT2D eigenvalue weighted by Gasteiger charge is 2.11. The maximum Gasteiger partial charge on any atom is 0.412 e. The number of pyridine rings is 1. The second-order valence-electron chi connectivity index (χ2n) is 5.50. The minimum atomic E-state index is -0.623. The molecule has 0 fully saturated rings. The summed E-state index contributed by atoms with van der Waals surface area (Å²) in [5, 5.41) is 2.48. The molecular formula is C18H16FN5O2. The summed E-state index contributed by atoms with van der Waals surface area (Å²) in [5.41, 5.74) is 8.42. The third-order valence-electron chi connectivity index (χ3n) is 3.71. The zero-order valence-corrected chi connectivity index (χ0v) is 14.2. The minimum absolute atomic E-state index is 0.0548. The molecule has 26 heavy (non-hydrogen) atoms. The number of hydrogen-bond acceptors (Lipinski definition) is 6. The number of methoxy groups -OCH3 is 1. The van der Waals surface area contributed by atoms with E-state index in [9.17, 15) is 9.18 Å². The number of carbonyl (C=O) groups excluding carboxylic acids is 1. The van der Waals surface area contributed by atoms with Crippen LogP contribution in [0.3, 0.4) is 0 Å². The maximum atomic E-state index is 13.6. The van der Waals surface area contributed by atoms with E-state index in [1.165, 1.54) is 19.4 Å². The van der Waals surface area contributed by atoms with Crippen molar-refractivity contribution in [1.82, 2.24) is 15.0 Å². The molecule has 7 nitrogen and oxygen atoms in total. The van der Waals surface area contributed by atoms with Crippen LogP contribution in [0, 0.1) is 12.7 Å². The number of hydrogen-bond donors (Lipinski definition) is 2. The van der Waals surface area contributed by atoms with Gasteiger partial charge in [-0.25, -0.2) is 24.1 Å². The molecule has 3 rings (SSSR count). The highest BCUT2D eigenvalue weighted by molar-refractivity contribution is 5.84. The smallest absolute Gasteiger partial charge is 0.412 e. The average molecular weight is 353 g/mol. The lowest BCUT2D eigenvalue weighted by Gasteiger charge is -2.09. The number of benzene rings is 1. The number of ether oxygens (including phenoxy) is 1. The van der Waals surface area contributed by atoms with Crippen LogP contribution in [0.5, 0.6) is 0 Å². The fourth-order valence-electron chi connectivity index (χ4n) is 2.41. The molecular weight excluding hydrogens is 337 g/mol. The summed E-state index contributed by atoms with van der Waals surface area (Å²) in [6, 6.07) is 7.98. The summed E-state index contributed by atoms with van der Waals surface area (Å²) in [6.07, 6.45) is 2.50. The van der Waals surface area contributed by atoms with Crippen molar-refractivity contribution >= 4 is 17.6 Å². The molecule has 0 aliphatic rings. The largest absolute Gasteiger partial charge is 0.453 e. The Morgan fingerprint density at radius 3 is 2.73 bits per heavy atom. The van der Waals surface area contributed by atoms with Crippen LogP contribution in [-0.4, -0.2) is 28.2 Å². The summed E-state index contributed by atoms with van der Waals surface area (Å²) in [6.45, 7) is 1.78. The van der Waals surface area contributed by atoms with Gasteiger partial charge >= 0.3 is 6.09 Å². The SMILES string of the molecule is COC(=O)Nc1cc(-c2nccc(-c3cc(N)c(F)cc3C)n2)ccn1. The molecule has 1 amide bonds. The van der Waals surface area contributed by atoms with Gasteiger partial charge in [-0.1, -0.05) is 0 Å². The summed E-state index contributed by atoms with van der Waals surface area (Å²) in [7, 11) is 1.27. The molecule has 3 N–H and O–H groups in total. The molecule has 0 radical (unpaired) electrons. The van der Waals surface area contributed by atoms with Crippen LogP contribution in [0.1, 0.15) is 5.56 Å². The Hall–Kier alpha value is -3.55. The number of halogens is 1. The number of anilines is 2. The third-order valence-corrected chi connectivity index (χ3v) is 3.71. The number of rotatable bonds is 3. The number of nitrogen functional groups attached to an aromatic ring is 1. The molecule has 0 unspecified atom stereocenters. The first-order valence-corrected chi connectivity index (χ1v) is 7.68. The van der Waals surface area contributed by atoms with E-state index in [1.54, 1.807) is 37.4 Å². The van der Waals surface area contributed by atoms with E-state index in [-0.39, 0.29) is 5.69 Å². The van der Waals surface area contributed by atoms with Gasteiger partial charge in [-0.3, -0.25) is 5.32 Å². The van der Waals surface area contributed by atoms with E-state index in [4.69, 9.17) is 5.73 Å². The molecule has 0 atom stereocenters. The van der Waals surface area contributed by atoms with Crippen molar-refractivity contribution in [3.05, 3.63) is 54.1 Å². The molecule has 0 aliphatic heterocycles. The average Bonchev–Trinajstić information content (AvgIpc) is 2.65. The lowest BCUT2D eigenvalue weighted by atomic mass is 10.0. The third kappa shape index (κ3) is 3.59. The Bertz CT molecular complexity index is 978. The summed E-state index contributed by atoms with van der Waals surface area (Å²) >= 11 is 0. The van der Waals surface area contributed by atoms with Crippen LogP contribution in [0.4, 0.5) is 20.7 Å². The molecule has 1 aromatic carbocycles. The summed E-state index contributed by atoms with van der Waals surface area (Å²) < 4.78 is 18.1. The number of nitrogens with zero attached hydrogens (tertiary/aromatic N) is 3. The normalized spacial score (nSPS) is 10.4. The van der Waals surface area contributed by atoms with E-state index < -0.39 is 11.9 Å². The Balaban J connectivity index is 1.99. The van der Waals surface area contributed by atoms with Crippen molar-refractivity contribution in [2.45, 2.75) is 6.92 Å². The van der Waals surface area contributed by atoms with E-state index in [0.717, 1.165) is 5.56 Å². The Morgan fingerprint density at radius 2 is 1.96 bits per heavy atom. The molecule has 0 spiro atoms. The van der Waals surface area contributed by atoms with Gasteiger partial charge in [0.1, 0.15) is 11.6 Å². The Morgan fingerprint density at radius 1 is 1.19 bits per heavy atom. The number of aryl methyl sites for hydroxylation is 1. The second-order valence-corrected chi connectivity index (χ2v) is 5.50. The predicted molar refractivity (Wildman–Crippen MR) is 95.8 cm³/mol. The quantitative estimate of drug-likeness (QED) is 0.700.